The zero-order valence-corrected chi connectivity index (χ0v) is 14.0. The number of aromatic nitrogens is 1. The zero-order valence-electron chi connectivity index (χ0n) is 14.0. The summed E-state index contributed by atoms with van der Waals surface area (Å²) in [6.07, 6.45) is 0.732. The van der Waals surface area contributed by atoms with Crippen LogP contribution in [0, 0.1) is 16.0 Å². The van der Waals surface area contributed by atoms with Gasteiger partial charge in [0.05, 0.1) is 12.0 Å². The third-order valence-corrected chi connectivity index (χ3v) is 3.61. The summed E-state index contributed by atoms with van der Waals surface area (Å²) in [6, 6.07) is 5.06. The highest BCUT2D eigenvalue weighted by Crippen LogP contribution is 2.25. The fraction of sp³-hybridized carbons (Fsp3) is 0.312. The van der Waals surface area contributed by atoms with E-state index in [9.17, 15) is 19.7 Å². The molecule has 0 spiro atoms. The van der Waals surface area contributed by atoms with E-state index in [-0.39, 0.29) is 17.4 Å². The van der Waals surface area contributed by atoms with Crippen LogP contribution in [0.2, 0.25) is 0 Å². The fourth-order valence-electron chi connectivity index (χ4n) is 2.29. The molecule has 0 bridgehead atoms. The Morgan fingerprint density at radius 1 is 1.28 bits per heavy atom. The van der Waals surface area contributed by atoms with Gasteiger partial charge in [-0.25, -0.2) is 9.78 Å². The highest BCUT2D eigenvalue weighted by Gasteiger charge is 2.25. The number of carbonyl (C=O) groups is 2. The van der Waals surface area contributed by atoms with Gasteiger partial charge >= 0.3 is 6.09 Å². The number of nitrogens with zero attached hydrogens (tertiary/aromatic N) is 2. The summed E-state index contributed by atoms with van der Waals surface area (Å²) in [6.45, 7) is 3.56. The molecule has 9 nitrogen and oxygen atoms in total. The molecule has 0 unspecified atom stereocenters. The number of ether oxygens (including phenoxy) is 1. The monoisotopic (exact) mass is 346 g/mol. The van der Waals surface area contributed by atoms with Crippen LogP contribution in [0.5, 0.6) is 0 Å². The number of alkyl carbamates (subject to hydrolysis) is 1. The number of amides is 2. The molecular formula is C16H18N4O5. The number of anilines is 1. The first-order valence-electron chi connectivity index (χ1n) is 7.52. The lowest BCUT2D eigenvalue weighted by Crippen LogP contribution is -2.47. The van der Waals surface area contributed by atoms with E-state index >= 15 is 0 Å². The zero-order chi connectivity index (χ0) is 18.6. The van der Waals surface area contributed by atoms with Gasteiger partial charge in [0.2, 0.25) is 5.91 Å². The number of carbonyl (C=O) groups excluding carboxylic acids is 2. The molecule has 2 aromatic rings. The third-order valence-electron chi connectivity index (χ3n) is 3.61. The van der Waals surface area contributed by atoms with E-state index in [0.717, 1.165) is 0 Å². The maximum atomic E-state index is 12.5. The van der Waals surface area contributed by atoms with Gasteiger partial charge in [0.1, 0.15) is 11.9 Å². The molecule has 1 aromatic heterocycles. The molecule has 0 aliphatic carbocycles. The van der Waals surface area contributed by atoms with E-state index < -0.39 is 23.0 Å². The van der Waals surface area contributed by atoms with Crippen molar-refractivity contribution in [1.82, 2.24) is 10.3 Å². The maximum Gasteiger partial charge on any atom is 0.407 e. The predicted molar refractivity (Wildman–Crippen MR) is 91.2 cm³/mol. The van der Waals surface area contributed by atoms with Gasteiger partial charge in [0.15, 0.2) is 0 Å². The Morgan fingerprint density at radius 2 is 2.00 bits per heavy atom. The number of benzene rings is 1. The van der Waals surface area contributed by atoms with Crippen LogP contribution in [0.4, 0.5) is 16.3 Å². The summed E-state index contributed by atoms with van der Waals surface area (Å²) in [7, 11) is 1.21. The van der Waals surface area contributed by atoms with Gasteiger partial charge in [-0.3, -0.25) is 14.9 Å². The Hall–Kier alpha value is -3.23. The molecular weight excluding hydrogens is 328 g/mol. The summed E-state index contributed by atoms with van der Waals surface area (Å²) >= 11 is 0. The van der Waals surface area contributed by atoms with Crippen molar-refractivity contribution in [3.05, 3.63) is 40.6 Å². The molecule has 0 aliphatic heterocycles. The van der Waals surface area contributed by atoms with E-state index in [0.29, 0.717) is 10.8 Å². The van der Waals surface area contributed by atoms with Gasteiger partial charge in [0, 0.05) is 23.7 Å². The molecule has 0 saturated carbocycles. The minimum atomic E-state index is -0.817. The summed E-state index contributed by atoms with van der Waals surface area (Å²) in [5.41, 5.74) is -0.0524. The largest absolute Gasteiger partial charge is 0.453 e. The second-order valence-corrected chi connectivity index (χ2v) is 5.67. The molecule has 1 aromatic carbocycles. The van der Waals surface area contributed by atoms with Crippen molar-refractivity contribution >= 4 is 34.3 Å². The topological polar surface area (TPSA) is 123 Å². The lowest BCUT2D eigenvalue weighted by molar-refractivity contribution is -0.384. The van der Waals surface area contributed by atoms with E-state index in [1.165, 1.54) is 31.5 Å². The number of nitrogens with one attached hydrogen (secondary N) is 2. The van der Waals surface area contributed by atoms with Crippen LogP contribution in [0.1, 0.15) is 13.8 Å². The second kappa shape index (κ2) is 7.56. The summed E-state index contributed by atoms with van der Waals surface area (Å²) in [5, 5.41) is 17.1. The minimum absolute atomic E-state index is 0.0524. The van der Waals surface area contributed by atoms with Crippen LogP contribution in [0.15, 0.2) is 30.5 Å². The van der Waals surface area contributed by atoms with E-state index in [4.69, 9.17) is 0 Å². The first kappa shape index (κ1) is 18.1. The fourth-order valence-corrected chi connectivity index (χ4v) is 2.29. The summed E-state index contributed by atoms with van der Waals surface area (Å²) in [5.74, 6) is -0.386. The third kappa shape index (κ3) is 4.19. The van der Waals surface area contributed by atoms with Crippen LogP contribution in [-0.4, -0.2) is 35.1 Å². The van der Waals surface area contributed by atoms with Crippen LogP contribution >= 0.6 is 0 Å². The Bertz CT molecular complexity index is 821. The average molecular weight is 346 g/mol. The van der Waals surface area contributed by atoms with E-state index in [1.54, 1.807) is 19.9 Å². The van der Waals surface area contributed by atoms with Crippen LogP contribution in [0.3, 0.4) is 0 Å². The van der Waals surface area contributed by atoms with Crippen molar-refractivity contribution in [3.63, 3.8) is 0 Å². The molecule has 1 atom stereocenters. The number of pyridine rings is 1. The Labute approximate surface area is 143 Å². The Balaban J connectivity index is 2.30. The molecule has 1 heterocycles. The molecule has 132 valence electrons. The van der Waals surface area contributed by atoms with Gasteiger partial charge in [-0.15, -0.1) is 0 Å². The molecule has 0 aliphatic rings. The molecule has 0 radical (unpaired) electrons. The van der Waals surface area contributed by atoms with Gasteiger partial charge in [0.25, 0.3) is 5.69 Å². The number of hydrogen-bond acceptors (Lipinski definition) is 6. The highest BCUT2D eigenvalue weighted by molar-refractivity contribution is 6.03. The second-order valence-electron chi connectivity index (χ2n) is 5.67. The van der Waals surface area contributed by atoms with Crippen molar-refractivity contribution in [3.8, 4) is 0 Å². The Kier molecular flexibility index (Phi) is 5.48. The van der Waals surface area contributed by atoms with Crippen LogP contribution in [-0.2, 0) is 9.53 Å². The van der Waals surface area contributed by atoms with E-state index in [2.05, 4.69) is 20.4 Å². The minimum Gasteiger partial charge on any atom is -0.453 e. The van der Waals surface area contributed by atoms with Gasteiger partial charge in [-0.2, -0.15) is 0 Å². The number of hydrogen-bond donors (Lipinski definition) is 2. The molecule has 0 saturated heterocycles. The molecule has 9 heteroatoms. The molecule has 25 heavy (non-hydrogen) atoms. The SMILES string of the molecule is COC(=O)N[C@H](C(=O)Nc1nccc2cc([N+](=O)[O-])ccc12)C(C)C. The van der Waals surface area contributed by atoms with Crippen molar-refractivity contribution in [2.24, 2.45) is 5.92 Å². The maximum absolute atomic E-state index is 12.5. The van der Waals surface area contributed by atoms with Gasteiger partial charge in [-0.05, 0) is 23.4 Å². The number of fused-ring (bicyclic) bond motifs is 1. The smallest absolute Gasteiger partial charge is 0.407 e. The highest BCUT2D eigenvalue weighted by atomic mass is 16.6. The lowest BCUT2D eigenvalue weighted by Gasteiger charge is -2.21. The van der Waals surface area contributed by atoms with Crippen molar-refractivity contribution in [1.29, 1.82) is 0 Å². The van der Waals surface area contributed by atoms with Crippen molar-refractivity contribution in [2.75, 3.05) is 12.4 Å². The number of rotatable bonds is 5. The number of nitro groups is 1. The van der Waals surface area contributed by atoms with Crippen LogP contribution < -0.4 is 10.6 Å². The number of non-ortho nitro benzene ring substituents is 1. The molecule has 2 N–H and O–H groups in total. The standard InChI is InChI=1S/C16H18N4O5/c1-9(2)13(18-16(22)25-3)15(21)19-14-12-5-4-11(20(23)24)8-10(12)6-7-17-14/h4-9,13H,1-3H3,(H,18,22)(H,17,19,21)/t13-/m0/s1. The molecule has 2 amide bonds. The number of nitro benzene ring substituents is 1. The first-order valence-corrected chi connectivity index (χ1v) is 7.52. The first-order chi connectivity index (χ1) is 11.8. The van der Waals surface area contributed by atoms with Gasteiger partial charge in [-0.1, -0.05) is 13.8 Å². The lowest BCUT2D eigenvalue weighted by atomic mass is 10.0. The van der Waals surface area contributed by atoms with E-state index in [1.807, 2.05) is 0 Å². The average Bonchev–Trinajstić information content (AvgIpc) is 2.58. The molecule has 0 fully saturated rings. The van der Waals surface area contributed by atoms with Crippen LogP contribution in [0.25, 0.3) is 10.8 Å². The van der Waals surface area contributed by atoms with Gasteiger partial charge < -0.3 is 15.4 Å². The summed E-state index contributed by atoms with van der Waals surface area (Å²) in [4.78, 5) is 38.4. The quantitative estimate of drug-likeness (QED) is 0.633. The number of methoxy groups -OCH3 is 1. The predicted octanol–water partition coefficient (Wildman–Crippen LogP) is 2.46. The Morgan fingerprint density at radius 3 is 2.60 bits per heavy atom. The van der Waals surface area contributed by atoms with Crippen molar-refractivity contribution in [2.45, 2.75) is 19.9 Å². The summed E-state index contributed by atoms with van der Waals surface area (Å²) < 4.78 is 4.53. The molecule has 2 rings (SSSR count). The van der Waals surface area contributed by atoms with Crippen molar-refractivity contribution < 1.29 is 19.2 Å². The normalized spacial score (nSPS) is 11.8.